The van der Waals surface area contributed by atoms with Gasteiger partial charge in [0.15, 0.2) is 0 Å². The molecule has 1 aliphatic carbocycles. The summed E-state index contributed by atoms with van der Waals surface area (Å²) in [7, 11) is 0. The fraction of sp³-hybridized carbons (Fsp3) is 0.647. The molecule has 1 saturated carbocycles. The number of nitrogens with one attached hydrogen (secondary N) is 1. The van der Waals surface area contributed by atoms with E-state index in [9.17, 15) is 23.4 Å². The molecule has 0 aromatic heterocycles. The standard InChI is InChI=1S/C17H22F3NO2/c1-11-8-16(23,9-14(21-11)15(10-22)6-7-15)12-2-4-13(5-3-12)17(18,19)20/h2-5,11,14,21-23H,6-10H2,1H3/t11-,14?,16?/m0/s1. The molecule has 0 spiro atoms. The second kappa shape index (κ2) is 5.46. The van der Waals surface area contributed by atoms with Crippen molar-refractivity contribution in [1.82, 2.24) is 5.32 Å². The summed E-state index contributed by atoms with van der Waals surface area (Å²) in [5.41, 5.74) is -1.55. The van der Waals surface area contributed by atoms with E-state index >= 15 is 0 Å². The van der Waals surface area contributed by atoms with Crippen LogP contribution in [0.25, 0.3) is 0 Å². The normalized spacial score (nSPS) is 33.5. The van der Waals surface area contributed by atoms with E-state index in [-0.39, 0.29) is 24.1 Å². The van der Waals surface area contributed by atoms with Crippen LogP contribution in [0, 0.1) is 5.41 Å². The first-order valence-corrected chi connectivity index (χ1v) is 7.96. The number of aliphatic hydroxyl groups is 2. The van der Waals surface area contributed by atoms with E-state index < -0.39 is 17.3 Å². The highest BCUT2D eigenvalue weighted by Gasteiger charge is 2.53. The summed E-state index contributed by atoms with van der Waals surface area (Å²) in [4.78, 5) is 0. The molecule has 3 nitrogen and oxygen atoms in total. The molecule has 6 heteroatoms. The van der Waals surface area contributed by atoms with Crippen molar-refractivity contribution in [2.24, 2.45) is 5.41 Å². The van der Waals surface area contributed by atoms with Gasteiger partial charge < -0.3 is 15.5 Å². The van der Waals surface area contributed by atoms with Gasteiger partial charge >= 0.3 is 6.18 Å². The van der Waals surface area contributed by atoms with Crippen LogP contribution in [0.15, 0.2) is 24.3 Å². The van der Waals surface area contributed by atoms with Crippen molar-refractivity contribution in [3.8, 4) is 0 Å². The Kier molecular flexibility index (Phi) is 3.98. The van der Waals surface area contributed by atoms with Crippen molar-refractivity contribution in [3.63, 3.8) is 0 Å². The maximum Gasteiger partial charge on any atom is 0.416 e. The number of aliphatic hydroxyl groups excluding tert-OH is 1. The highest BCUT2D eigenvalue weighted by atomic mass is 19.4. The third-order valence-corrected chi connectivity index (χ3v) is 5.37. The monoisotopic (exact) mass is 329 g/mol. The van der Waals surface area contributed by atoms with Gasteiger partial charge in [-0.25, -0.2) is 0 Å². The maximum absolute atomic E-state index is 12.7. The van der Waals surface area contributed by atoms with Gasteiger partial charge in [-0.15, -0.1) is 0 Å². The topological polar surface area (TPSA) is 52.5 Å². The lowest BCUT2D eigenvalue weighted by Crippen LogP contribution is -2.55. The second-order valence-electron chi connectivity index (χ2n) is 7.16. The number of piperidine rings is 1. The molecule has 2 aliphatic rings. The third kappa shape index (κ3) is 3.12. The predicted octanol–water partition coefficient (Wildman–Crippen LogP) is 2.81. The van der Waals surface area contributed by atoms with Crippen molar-refractivity contribution >= 4 is 0 Å². The highest BCUT2D eigenvalue weighted by molar-refractivity contribution is 5.30. The number of hydrogen-bond acceptors (Lipinski definition) is 3. The van der Waals surface area contributed by atoms with E-state index in [1.807, 2.05) is 6.92 Å². The molecule has 3 atom stereocenters. The van der Waals surface area contributed by atoms with Gasteiger partial charge in [0.05, 0.1) is 17.8 Å². The van der Waals surface area contributed by atoms with Gasteiger partial charge in [0, 0.05) is 17.5 Å². The molecule has 0 radical (unpaired) electrons. The van der Waals surface area contributed by atoms with Gasteiger partial charge in [-0.2, -0.15) is 13.2 Å². The van der Waals surface area contributed by atoms with Crippen molar-refractivity contribution < 1.29 is 23.4 Å². The summed E-state index contributed by atoms with van der Waals surface area (Å²) in [6, 6.07) is 4.79. The van der Waals surface area contributed by atoms with E-state index in [1.54, 1.807) is 0 Å². The number of rotatable bonds is 3. The van der Waals surface area contributed by atoms with Crippen LogP contribution in [-0.2, 0) is 11.8 Å². The van der Waals surface area contributed by atoms with E-state index in [4.69, 9.17) is 0 Å². The summed E-state index contributed by atoms with van der Waals surface area (Å²) < 4.78 is 38.1. The van der Waals surface area contributed by atoms with Crippen LogP contribution in [0.5, 0.6) is 0 Å². The molecule has 0 bridgehead atoms. The Morgan fingerprint density at radius 3 is 2.26 bits per heavy atom. The summed E-state index contributed by atoms with van der Waals surface area (Å²) in [5, 5.41) is 24.1. The molecule has 2 fully saturated rings. The SMILES string of the molecule is C[C@H]1CC(O)(c2ccc(C(F)(F)F)cc2)CC(C2(CO)CC2)N1. The van der Waals surface area contributed by atoms with Crippen molar-refractivity contribution in [3.05, 3.63) is 35.4 Å². The number of hydrogen-bond donors (Lipinski definition) is 3. The number of halogens is 3. The van der Waals surface area contributed by atoms with Gasteiger partial charge in [-0.1, -0.05) is 12.1 Å². The molecule has 1 aromatic carbocycles. The summed E-state index contributed by atoms with van der Waals surface area (Å²) >= 11 is 0. The molecular weight excluding hydrogens is 307 g/mol. The lowest BCUT2D eigenvalue weighted by Gasteiger charge is -2.44. The van der Waals surface area contributed by atoms with Crippen LogP contribution in [0.4, 0.5) is 13.2 Å². The van der Waals surface area contributed by atoms with E-state index in [1.165, 1.54) is 12.1 Å². The lowest BCUT2D eigenvalue weighted by atomic mass is 9.75. The van der Waals surface area contributed by atoms with Crippen LogP contribution in [0.2, 0.25) is 0 Å². The molecule has 0 amide bonds. The van der Waals surface area contributed by atoms with Gasteiger partial charge in [0.25, 0.3) is 0 Å². The first-order valence-electron chi connectivity index (χ1n) is 7.96. The zero-order chi connectivity index (χ0) is 16.9. The van der Waals surface area contributed by atoms with Crippen LogP contribution in [0.1, 0.15) is 43.7 Å². The minimum Gasteiger partial charge on any atom is -0.396 e. The Bertz CT molecular complexity index is 568. The van der Waals surface area contributed by atoms with Crippen LogP contribution in [-0.4, -0.2) is 28.9 Å². The Morgan fingerprint density at radius 1 is 1.17 bits per heavy atom. The molecular formula is C17H22F3NO2. The van der Waals surface area contributed by atoms with E-state index in [0.29, 0.717) is 18.4 Å². The Labute approximate surface area is 133 Å². The van der Waals surface area contributed by atoms with Gasteiger partial charge in [-0.3, -0.25) is 0 Å². The molecule has 1 heterocycles. The molecule has 1 aromatic rings. The lowest BCUT2D eigenvalue weighted by molar-refractivity contribution is -0.137. The van der Waals surface area contributed by atoms with Gasteiger partial charge in [0.1, 0.15) is 0 Å². The van der Waals surface area contributed by atoms with Crippen molar-refractivity contribution in [1.29, 1.82) is 0 Å². The summed E-state index contributed by atoms with van der Waals surface area (Å²) in [5.74, 6) is 0. The zero-order valence-electron chi connectivity index (χ0n) is 13.0. The number of benzene rings is 1. The highest BCUT2D eigenvalue weighted by Crippen LogP contribution is 2.53. The quantitative estimate of drug-likeness (QED) is 0.799. The molecule has 1 aliphatic heterocycles. The van der Waals surface area contributed by atoms with E-state index in [0.717, 1.165) is 25.0 Å². The average molecular weight is 329 g/mol. The average Bonchev–Trinajstić information content (AvgIpc) is 3.27. The minimum atomic E-state index is -4.37. The molecule has 1 saturated heterocycles. The Balaban J connectivity index is 1.85. The van der Waals surface area contributed by atoms with Crippen molar-refractivity contribution in [2.45, 2.75) is 56.5 Å². The number of alkyl halides is 3. The molecule has 128 valence electrons. The predicted molar refractivity (Wildman–Crippen MR) is 79.7 cm³/mol. The minimum absolute atomic E-state index is 0.0245. The summed E-state index contributed by atoms with van der Waals surface area (Å²) in [6.45, 7) is 2.02. The zero-order valence-corrected chi connectivity index (χ0v) is 13.0. The van der Waals surface area contributed by atoms with Crippen molar-refractivity contribution in [2.75, 3.05) is 6.61 Å². The van der Waals surface area contributed by atoms with Gasteiger partial charge in [0.2, 0.25) is 0 Å². The first kappa shape index (κ1) is 16.7. The molecule has 2 unspecified atom stereocenters. The van der Waals surface area contributed by atoms with Crippen LogP contribution < -0.4 is 5.32 Å². The fourth-order valence-corrected chi connectivity index (χ4v) is 3.76. The third-order valence-electron chi connectivity index (χ3n) is 5.37. The second-order valence-corrected chi connectivity index (χ2v) is 7.16. The van der Waals surface area contributed by atoms with Crippen LogP contribution >= 0.6 is 0 Å². The maximum atomic E-state index is 12.7. The van der Waals surface area contributed by atoms with Gasteiger partial charge in [-0.05, 0) is 50.3 Å². The van der Waals surface area contributed by atoms with Crippen LogP contribution in [0.3, 0.4) is 0 Å². The van der Waals surface area contributed by atoms with E-state index in [2.05, 4.69) is 5.32 Å². The largest absolute Gasteiger partial charge is 0.416 e. The molecule has 3 N–H and O–H groups in total. The molecule has 3 rings (SSSR count). The Morgan fingerprint density at radius 2 is 1.78 bits per heavy atom. The summed E-state index contributed by atoms with van der Waals surface area (Å²) in [6.07, 6.45) is -1.70. The smallest absolute Gasteiger partial charge is 0.396 e. The fourth-order valence-electron chi connectivity index (χ4n) is 3.76. The Hall–Kier alpha value is -1.11. The molecule has 23 heavy (non-hydrogen) atoms. The first-order chi connectivity index (χ1) is 10.7.